The molecule has 0 unspecified atom stereocenters. The van der Waals surface area contributed by atoms with E-state index in [1.54, 1.807) is 6.20 Å². The zero-order valence-electron chi connectivity index (χ0n) is 7.35. The van der Waals surface area contributed by atoms with Gasteiger partial charge in [0.2, 0.25) is 0 Å². The van der Waals surface area contributed by atoms with Gasteiger partial charge in [-0.15, -0.1) is 0 Å². The molecule has 1 saturated heterocycles. The molecule has 0 aliphatic carbocycles. The fourth-order valence-electron chi connectivity index (χ4n) is 1.69. The smallest absolute Gasteiger partial charge is 0.200 e. The van der Waals surface area contributed by atoms with Crippen molar-refractivity contribution in [2.24, 2.45) is 0 Å². The van der Waals surface area contributed by atoms with Crippen LogP contribution < -0.4 is 5.73 Å². The van der Waals surface area contributed by atoms with Gasteiger partial charge in [0, 0.05) is 40.7 Å². The average Bonchev–Trinajstić information content (AvgIpc) is 2.53. The van der Waals surface area contributed by atoms with Crippen LogP contribution in [-0.4, -0.2) is 25.3 Å². The summed E-state index contributed by atoms with van der Waals surface area (Å²) >= 11 is 0. The second kappa shape index (κ2) is 3.49. The molecule has 1 aliphatic heterocycles. The Morgan fingerprint density at radius 2 is 2.23 bits per heavy atom. The highest BCUT2D eigenvalue weighted by atomic mass is 32.2. The Balaban J connectivity index is 2.10. The van der Waals surface area contributed by atoms with E-state index in [9.17, 15) is 4.21 Å². The predicted molar refractivity (Wildman–Crippen MR) is 52.8 cm³/mol. The van der Waals surface area contributed by atoms with Crippen molar-refractivity contribution in [3.05, 3.63) is 12.4 Å². The standard InChI is InChI=1S/C8H13N3OS/c9-8-10-3-4-11(8)7-1-5-13(12)6-2-7/h3-4,7H,1-2,5-6H2,(H2,9,10). The van der Waals surface area contributed by atoms with E-state index >= 15 is 0 Å². The van der Waals surface area contributed by atoms with Crippen LogP contribution in [0.1, 0.15) is 18.9 Å². The van der Waals surface area contributed by atoms with Crippen molar-refractivity contribution in [2.75, 3.05) is 17.2 Å². The van der Waals surface area contributed by atoms with Gasteiger partial charge in [-0.05, 0) is 12.8 Å². The lowest BCUT2D eigenvalue weighted by Crippen LogP contribution is -2.22. The maximum absolute atomic E-state index is 11.1. The first kappa shape index (κ1) is 8.74. The Labute approximate surface area is 79.6 Å². The van der Waals surface area contributed by atoms with Crippen LogP contribution in [0.3, 0.4) is 0 Å². The molecule has 1 aromatic rings. The summed E-state index contributed by atoms with van der Waals surface area (Å²) in [7, 11) is -0.604. The van der Waals surface area contributed by atoms with Gasteiger partial charge in [0.1, 0.15) is 0 Å². The van der Waals surface area contributed by atoms with E-state index in [4.69, 9.17) is 5.73 Å². The van der Waals surface area contributed by atoms with Crippen molar-refractivity contribution in [3.63, 3.8) is 0 Å². The van der Waals surface area contributed by atoms with Crippen LogP contribution in [0.4, 0.5) is 5.95 Å². The van der Waals surface area contributed by atoms with Crippen molar-refractivity contribution >= 4 is 16.7 Å². The fraction of sp³-hybridized carbons (Fsp3) is 0.625. The minimum Gasteiger partial charge on any atom is -0.369 e. The van der Waals surface area contributed by atoms with Crippen LogP contribution in [0.5, 0.6) is 0 Å². The Morgan fingerprint density at radius 1 is 1.54 bits per heavy atom. The molecule has 13 heavy (non-hydrogen) atoms. The largest absolute Gasteiger partial charge is 0.369 e. The van der Waals surface area contributed by atoms with Crippen molar-refractivity contribution < 1.29 is 4.21 Å². The third kappa shape index (κ3) is 1.75. The van der Waals surface area contributed by atoms with Gasteiger partial charge in [0.05, 0.1) is 0 Å². The number of rotatable bonds is 1. The van der Waals surface area contributed by atoms with Crippen LogP contribution in [0.2, 0.25) is 0 Å². The molecule has 1 fully saturated rings. The molecule has 0 bridgehead atoms. The maximum atomic E-state index is 11.1. The normalized spacial score (nSPS) is 28.9. The maximum Gasteiger partial charge on any atom is 0.200 e. The Kier molecular flexibility index (Phi) is 2.35. The molecule has 2 rings (SSSR count). The highest BCUT2D eigenvalue weighted by molar-refractivity contribution is 7.85. The van der Waals surface area contributed by atoms with E-state index in [0.717, 1.165) is 24.3 Å². The number of nitrogens with zero attached hydrogens (tertiary/aromatic N) is 2. The molecule has 2 N–H and O–H groups in total. The number of nitrogen functional groups attached to an aromatic ring is 1. The van der Waals surface area contributed by atoms with E-state index in [-0.39, 0.29) is 0 Å². The van der Waals surface area contributed by atoms with Gasteiger partial charge in [-0.1, -0.05) is 0 Å². The molecule has 5 heteroatoms. The lowest BCUT2D eigenvalue weighted by molar-refractivity contribution is 0.467. The van der Waals surface area contributed by atoms with Crippen LogP contribution >= 0.6 is 0 Å². The molecule has 0 amide bonds. The summed E-state index contributed by atoms with van der Waals surface area (Å²) in [5, 5.41) is 0. The SMILES string of the molecule is Nc1nccn1C1CCS(=O)CC1. The minimum absolute atomic E-state index is 0.403. The summed E-state index contributed by atoms with van der Waals surface area (Å²) in [5.41, 5.74) is 5.68. The highest BCUT2D eigenvalue weighted by Crippen LogP contribution is 2.23. The first-order valence-electron chi connectivity index (χ1n) is 4.40. The first-order chi connectivity index (χ1) is 6.27. The zero-order chi connectivity index (χ0) is 9.26. The monoisotopic (exact) mass is 199 g/mol. The van der Waals surface area contributed by atoms with Gasteiger partial charge in [0.25, 0.3) is 0 Å². The minimum atomic E-state index is -0.604. The summed E-state index contributed by atoms with van der Waals surface area (Å²) in [5.74, 6) is 2.16. The molecule has 0 aromatic carbocycles. The summed E-state index contributed by atoms with van der Waals surface area (Å²) in [6.07, 6.45) is 5.51. The molecular formula is C8H13N3OS. The number of hydrogen-bond donors (Lipinski definition) is 1. The molecule has 0 atom stereocenters. The molecule has 4 nitrogen and oxygen atoms in total. The van der Waals surface area contributed by atoms with E-state index in [1.165, 1.54) is 0 Å². The van der Waals surface area contributed by atoms with Gasteiger partial charge in [-0.3, -0.25) is 4.21 Å². The number of aromatic nitrogens is 2. The van der Waals surface area contributed by atoms with Crippen molar-refractivity contribution in [2.45, 2.75) is 18.9 Å². The second-order valence-electron chi connectivity index (χ2n) is 3.27. The van der Waals surface area contributed by atoms with Crippen LogP contribution in [-0.2, 0) is 10.8 Å². The summed E-state index contributed by atoms with van der Waals surface area (Å²) < 4.78 is 13.1. The summed E-state index contributed by atoms with van der Waals surface area (Å²) in [6.45, 7) is 0. The lowest BCUT2D eigenvalue weighted by atomic mass is 10.1. The average molecular weight is 199 g/mol. The third-order valence-corrected chi connectivity index (χ3v) is 3.83. The van der Waals surface area contributed by atoms with Crippen molar-refractivity contribution in [1.29, 1.82) is 0 Å². The van der Waals surface area contributed by atoms with Gasteiger partial charge < -0.3 is 10.3 Å². The molecule has 72 valence electrons. The van der Waals surface area contributed by atoms with Gasteiger partial charge in [-0.25, -0.2) is 4.98 Å². The zero-order valence-corrected chi connectivity index (χ0v) is 8.17. The van der Waals surface area contributed by atoms with Crippen LogP contribution in [0, 0.1) is 0 Å². The van der Waals surface area contributed by atoms with Gasteiger partial charge in [-0.2, -0.15) is 0 Å². The predicted octanol–water partition coefficient (Wildman–Crippen LogP) is 0.549. The van der Waals surface area contributed by atoms with E-state index in [1.807, 2.05) is 10.8 Å². The number of anilines is 1. The third-order valence-electron chi connectivity index (χ3n) is 2.45. The van der Waals surface area contributed by atoms with E-state index in [2.05, 4.69) is 4.98 Å². The second-order valence-corrected chi connectivity index (χ2v) is 4.97. The summed E-state index contributed by atoms with van der Waals surface area (Å²) in [6, 6.07) is 0.403. The van der Waals surface area contributed by atoms with Gasteiger partial charge >= 0.3 is 0 Å². The number of hydrogen-bond acceptors (Lipinski definition) is 3. The molecule has 1 aromatic heterocycles. The fourth-order valence-corrected chi connectivity index (χ4v) is 2.97. The number of nitrogens with two attached hydrogens (primary N) is 1. The quantitative estimate of drug-likeness (QED) is 0.718. The van der Waals surface area contributed by atoms with Crippen LogP contribution in [0.25, 0.3) is 0 Å². The molecule has 0 spiro atoms. The number of imidazole rings is 1. The van der Waals surface area contributed by atoms with E-state index < -0.39 is 10.8 Å². The Morgan fingerprint density at radius 3 is 2.77 bits per heavy atom. The highest BCUT2D eigenvalue weighted by Gasteiger charge is 2.20. The molecule has 1 aliphatic rings. The molecule has 0 saturated carbocycles. The van der Waals surface area contributed by atoms with Crippen molar-refractivity contribution in [1.82, 2.24) is 9.55 Å². The Hall–Kier alpha value is -0.840. The first-order valence-corrected chi connectivity index (χ1v) is 5.89. The van der Waals surface area contributed by atoms with Gasteiger partial charge in [0.15, 0.2) is 5.95 Å². The van der Waals surface area contributed by atoms with E-state index in [0.29, 0.717) is 12.0 Å². The topological polar surface area (TPSA) is 60.9 Å². The Bertz CT molecular complexity index is 313. The van der Waals surface area contributed by atoms with Crippen molar-refractivity contribution in [3.8, 4) is 0 Å². The molecule has 0 radical (unpaired) electrons. The lowest BCUT2D eigenvalue weighted by Gasteiger charge is -2.23. The molecular weight excluding hydrogens is 186 g/mol. The summed E-state index contributed by atoms with van der Waals surface area (Å²) in [4.78, 5) is 3.98. The van der Waals surface area contributed by atoms with Crippen LogP contribution in [0.15, 0.2) is 12.4 Å². The molecule has 2 heterocycles.